The molecular weight excluding hydrogens is 552 g/mol. The molecule has 0 atom stereocenters. The van der Waals surface area contributed by atoms with Gasteiger partial charge in [0.05, 0.1) is 13.2 Å². The molecule has 8 nitrogen and oxygen atoms in total. The van der Waals surface area contributed by atoms with Crippen molar-refractivity contribution in [1.29, 1.82) is 0 Å². The Morgan fingerprint density at radius 3 is 1.02 bits per heavy atom. The molecule has 0 spiro atoms. The van der Waals surface area contributed by atoms with Crippen molar-refractivity contribution in [1.82, 2.24) is 20.4 Å². The Morgan fingerprint density at radius 2 is 0.727 bits per heavy atom. The summed E-state index contributed by atoms with van der Waals surface area (Å²) in [5.74, 6) is 0.130. The molecule has 2 amide bonds. The predicted octanol–water partition coefficient (Wildman–Crippen LogP) is 6.43. The molecule has 0 bridgehead atoms. The number of unbranched alkanes of at least 4 members (excludes halogenated alkanes) is 18. The summed E-state index contributed by atoms with van der Waals surface area (Å²) in [4.78, 5) is 28.9. The summed E-state index contributed by atoms with van der Waals surface area (Å²) < 4.78 is 0. The van der Waals surface area contributed by atoms with Gasteiger partial charge in [-0.25, -0.2) is 0 Å². The SMILES string of the molecule is CCCCCCCCCCCCNC(=O)CCN(CCO)CCN(CCO)CCC(=O)NCCCCCCCCCCCC. The number of carbonyl (C=O) groups is 2. The van der Waals surface area contributed by atoms with E-state index in [1.807, 2.05) is 0 Å². The van der Waals surface area contributed by atoms with Crippen LogP contribution in [-0.4, -0.2) is 97.4 Å². The molecule has 0 aliphatic carbocycles. The molecule has 0 rings (SSSR count). The fourth-order valence-corrected chi connectivity index (χ4v) is 5.61. The molecule has 0 saturated heterocycles. The van der Waals surface area contributed by atoms with Crippen molar-refractivity contribution in [3.05, 3.63) is 0 Å². The van der Waals surface area contributed by atoms with Crippen molar-refractivity contribution < 1.29 is 19.8 Å². The van der Waals surface area contributed by atoms with Gasteiger partial charge in [-0.05, 0) is 12.8 Å². The molecule has 8 heteroatoms. The van der Waals surface area contributed by atoms with Crippen molar-refractivity contribution in [2.45, 2.75) is 155 Å². The number of nitrogens with zero attached hydrogens (tertiary/aromatic N) is 2. The Kier molecular flexibility index (Phi) is 33.7. The van der Waals surface area contributed by atoms with E-state index in [-0.39, 0.29) is 25.0 Å². The largest absolute Gasteiger partial charge is 0.395 e. The Balaban J connectivity index is 3.97. The number of aliphatic hydroxyl groups excluding tert-OH is 2. The molecule has 0 aliphatic heterocycles. The van der Waals surface area contributed by atoms with E-state index in [1.165, 1.54) is 116 Å². The highest BCUT2D eigenvalue weighted by molar-refractivity contribution is 5.76. The van der Waals surface area contributed by atoms with Gasteiger partial charge in [0, 0.05) is 65.2 Å². The van der Waals surface area contributed by atoms with Crippen LogP contribution in [0, 0.1) is 0 Å². The van der Waals surface area contributed by atoms with Crippen molar-refractivity contribution in [2.75, 3.05) is 65.6 Å². The van der Waals surface area contributed by atoms with Crippen molar-refractivity contribution in [3.63, 3.8) is 0 Å². The zero-order valence-electron chi connectivity index (χ0n) is 29.2. The molecule has 0 fully saturated rings. The molecule has 4 N–H and O–H groups in total. The van der Waals surface area contributed by atoms with Gasteiger partial charge in [-0.15, -0.1) is 0 Å². The van der Waals surface area contributed by atoms with Gasteiger partial charge in [0.1, 0.15) is 0 Å². The van der Waals surface area contributed by atoms with Crippen LogP contribution in [0.15, 0.2) is 0 Å². The first-order chi connectivity index (χ1) is 21.6. The fraction of sp³-hybridized carbons (Fsp3) is 0.944. The monoisotopic (exact) mass is 627 g/mol. The second kappa shape index (κ2) is 34.6. The van der Waals surface area contributed by atoms with Gasteiger partial charge in [0.2, 0.25) is 11.8 Å². The van der Waals surface area contributed by atoms with Crippen LogP contribution in [0.3, 0.4) is 0 Å². The lowest BCUT2D eigenvalue weighted by Crippen LogP contribution is -2.40. The van der Waals surface area contributed by atoms with E-state index in [0.717, 1.165) is 25.9 Å². The van der Waals surface area contributed by atoms with E-state index in [9.17, 15) is 19.8 Å². The van der Waals surface area contributed by atoms with Crippen molar-refractivity contribution in [2.24, 2.45) is 0 Å². The standard InChI is InChI=1S/C36H74N4O4/c1-3-5-7-9-11-13-15-17-19-21-25-37-35(43)23-27-39(31-33-41)29-30-40(32-34-42)28-24-36(44)38-26-22-20-18-16-14-12-10-8-6-4-2/h41-42H,3-34H2,1-2H3,(H,37,43)(H,38,44). The molecule has 0 radical (unpaired) electrons. The molecule has 0 unspecified atom stereocenters. The molecule has 0 aromatic rings. The lowest BCUT2D eigenvalue weighted by molar-refractivity contribution is -0.122. The van der Waals surface area contributed by atoms with Crippen LogP contribution in [-0.2, 0) is 9.59 Å². The molecule has 0 aromatic carbocycles. The summed E-state index contributed by atoms with van der Waals surface area (Å²) in [5, 5.41) is 25.1. The fourth-order valence-electron chi connectivity index (χ4n) is 5.61. The molecule has 0 aliphatic rings. The number of hydrogen-bond donors (Lipinski definition) is 4. The highest BCUT2D eigenvalue weighted by Crippen LogP contribution is 2.11. The molecule has 0 heterocycles. The van der Waals surface area contributed by atoms with Crippen LogP contribution in [0.4, 0.5) is 0 Å². The van der Waals surface area contributed by atoms with Crippen molar-refractivity contribution in [3.8, 4) is 0 Å². The molecular formula is C36H74N4O4. The van der Waals surface area contributed by atoms with Gasteiger partial charge in [0.25, 0.3) is 0 Å². The Bertz CT molecular complexity index is 571. The van der Waals surface area contributed by atoms with E-state index in [4.69, 9.17) is 0 Å². The van der Waals surface area contributed by atoms with Crippen LogP contribution >= 0.6 is 0 Å². The summed E-state index contributed by atoms with van der Waals surface area (Å²) >= 11 is 0. The van der Waals surface area contributed by atoms with Crippen molar-refractivity contribution >= 4 is 11.8 Å². The lowest BCUT2D eigenvalue weighted by atomic mass is 10.1. The quantitative estimate of drug-likeness (QED) is 0.0605. The summed E-state index contributed by atoms with van der Waals surface area (Å²) in [7, 11) is 0. The third kappa shape index (κ3) is 30.8. The number of carbonyl (C=O) groups excluding carboxylic acids is 2. The first-order valence-electron chi connectivity index (χ1n) is 18.8. The number of hydrogen-bond acceptors (Lipinski definition) is 6. The van der Waals surface area contributed by atoms with Crippen LogP contribution in [0.2, 0.25) is 0 Å². The van der Waals surface area contributed by atoms with Crippen LogP contribution in [0.25, 0.3) is 0 Å². The van der Waals surface area contributed by atoms with Gasteiger partial charge in [0.15, 0.2) is 0 Å². The van der Waals surface area contributed by atoms with E-state index in [0.29, 0.717) is 52.1 Å². The number of nitrogens with one attached hydrogen (secondary N) is 2. The first-order valence-corrected chi connectivity index (χ1v) is 18.8. The summed E-state index contributed by atoms with van der Waals surface area (Å²) in [6.45, 7) is 9.65. The van der Waals surface area contributed by atoms with Crippen LogP contribution in [0.1, 0.15) is 155 Å². The van der Waals surface area contributed by atoms with E-state index < -0.39 is 0 Å². The minimum atomic E-state index is 0.0432. The second-order valence-electron chi connectivity index (χ2n) is 12.7. The first kappa shape index (κ1) is 42.8. The molecule has 0 aromatic heterocycles. The predicted molar refractivity (Wildman–Crippen MR) is 186 cm³/mol. The zero-order chi connectivity index (χ0) is 32.4. The second-order valence-corrected chi connectivity index (χ2v) is 12.7. The normalized spacial score (nSPS) is 11.5. The molecule has 44 heavy (non-hydrogen) atoms. The molecule has 0 saturated carbocycles. The lowest BCUT2D eigenvalue weighted by Gasteiger charge is -2.26. The third-order valence-corrected chi connectivity index (χ3v) is 8.58. The maximum Gasteiger partial charge on any atom is 0.221 e. The zero-order valence-corrected chi connectivity index (χ0v) is 29.2. The summed E-state index contributed by atoms with van der Waals surface area (Å²) in [6.07, 6.45) is 26.5. The topological polar surface area (TPSA) is 105 Å². The average Bonchev–Trinajstić information content (AvgIpc) is 3.02. The average molecular weight is 627 g/mol. The van der Waals surface area contributed by atoms with E-state index >= 15 is 0 Å². The number of amides is 2. The van der Waals surface area contributed by atoms with Gasteiger partial charge in [-0.1, -0.05) is 129 Å². The summed E-state index contributed by atoms with van der Waals surface area (Å²) in [6, 6.07) is 0. The van der Waals surface area contributed by atoms with E-state index in [1.54, 1.807) is 0 Å². The Morgan fingerprint density at radius 1 is 0.432 bits per heavy atom. The minimum absolute atomic E-state index is 0.0432. The van der Waals surface area contributed by atoms with Crippen LogP contribution in [0.5, 0.6) is 0 Å². The number of rotatable bonds is 35. The smallest absolute Gasteiger partial charge is 0.221 e. The van der Waals surface area contributed by atoms with Gasteiger partial charge in [-0.2, -0.15) is 0 Å². The summed E-state index contributed by atoms with van der Waals surface area (Å²) in [5.41, 5.74) is 0. The van der Waals surface area contributed by atoms with Gasteiger partial charge < -0.3 is 20.8 Å². The van der Waals surface area contributed by atoms with E-state index in [2.05, 4.69) is 34.3 Å². The molecule has 262 valence electrons. The maximum absolute atomic E-state index is 12.4. The third-order valence-electron chi connectivity index (χ3n) is 8.58. The number of aliphatic hydroxyl groups is 2. The Hall–Kier alpha value is -1.22. The highest BCUT2D eigenvalue weighted by atomic mass is 16.3. The van der Waals surface area contributed by atoms with Gasteiger partial charge >= 0.3 is 0 Å². The highest BCUT2D eigenvalue weighted by Gasteiger charge is 2.12. The maximum atomic E-state index is 12.4. The Labute approximate surface area is 272 Å². The van der Waals surface area contributed by atoms with Crippen LogP contribution < -0.4 is 10.6 Å². The van der Waals surface area contributed by atoms with Gasteiger partial charge in [-0.3, -0.25) is 19.4 Å². The minimum Gasteiger partial charge on any atom is -0.395 e.